The van der Waals surface area contributed by atoms with Crippen molar-refractivity contribution in [2.75, 3.05) is 5.32 Å². The Morgan fingerprint density at radius 3 is 2.44 bits per heavy atom. The van der Waals surface area contributed by atoms with E-state index >= 15 is 0 Å². The second kappa shape index (κ2) is 8.71. The summed E-state index contributed by atoms with van der Waals surface area (Å²) in [7, 11) is 0. The number of primary amides is 1. The van der Waals surface area contributed by atoms with Gasteiger partial charge in [-0.3, -0.25) is 9.59 Å². The van der Waals surface area contributed by atoms with E-state index in [1.165, 1.54) is 25.3 Å². The Balaban J connectivity index is 1.63. The number of fused-ring (bicyclic) bond motifs is 2. The lowest BCUT2D eigenvalue weighted by atomic mass is 9.77. The number of aromatic nitrogens is 6. The van der Waals surface area contributed by atoms with Crippen molar-refractivity contribution in [2.24, 2.45) is 5.73 Å². The Morgan fingerprint density at radius 1 is 1.10 bits per heavy atom. The maximum Gasteiger partial charge on any atom is 0.453 e. The van der Waals surface area contributed by atoms with Gasteiger partial charge in [-0.05, 0) is 31.0 Å². The first kappa shape index (κ1) is 26.0. The number of nitrogens with zero attached hydrogens (tertiary/aromatic N) is 6. The first-order valence-electron chi connectivity index (χ1n) is 11.2. The van der Waals surface area contributed by atoms with Gasteiger partial charge in [0.05, 0.1) is 11.9 Å². The molecular formula is C23H16F6N8O2. The summed E-state index contributed by atoms with van der Waals surface area (Å²) in [6.45, 7) is 1.47. The molecule has 1 aromatic carbocycles. The summed E-state index contributed by atoms with van der Waals surface area (Å²) in [4.78, 5) is 42.0. The molecule has 2 amide bonds. The lowest BCUT2D eigenvalue weighted by Crippen LogP contribution is -2.36. The zero-order valence-corrected chi connectivity index (χ0v) is 19.7. The highest BCUT2D eigenvalue weighted by Crippen LogP contribution is 2.44. The smallest absolute Gasteiger partial charge is 0.364 e. The van der Waals surface area contributed by atoms with Crippen molar-refractivity contribution in [3.63, 3.8) is 0 Å². The highest BCUT2D eigenvalue weighted by atomic mass is 19.4. The fraction of sp³-hybridized carbons (Fsp3) is 0.261. The molecule has 0 saturated carbocycles. The number of carbonyl (C=O) groups is 2. The average molecular weight is 550 g/mol. The number of nitrogens with one attached hydrogen (secondary N) is 1. The van der Waals surface area contributed by atoms with Crippen LogP contribution in [0.2, 0.25) is 0 Å². The van der Waals surface area contributed by atoms with Gasteiger partial charge in [0.15, 0.2) is 11.5 Å². The first-order chi connectivity index (χ1) is 18.2. The number of carbonyl (C=O) groups excluding carboxylic acids is 2. The van der Waals surface area contributed by atoms with E-state index in [2.05, 4.69) is 30.4 Å². The first-order valence-corrected chi connectivity index (χ1v) is 11.2. The van der Waals surface area contributed by atoms with E-state index in [-0.39, 0.29) is 39.9 Å². The van der Waals surface area contributed by atoms with Crippen LogP contribution in [0.5, 0.6) is 0 Å². The molecule has 3 aromatic heterocycles. The summed E-state index contributed by atoms with van der Waals surface area (Å²) in [5.41, 5.74) is 3.47. The number of rotatable bonds is 6. The Morgan fingerprint density at radius 2 is 1.79 bits per heavy atom. The lowest BCUT2D eigenvalue weighted by molar-refractivity contribution is -0.284. The molecular weight excluding hydrogens is 534 g/mol. The van der Waals surface area contributed by atoms with Gasteiger partial charge in [-0.1, -0.05) is 12.1 Å². The molecule has 10 nitrogen and oxygen atoms in total. The molecule has 3 N–H and O–H groups in total. The normalized spacial score (nSPS) is 17.4. The number of hydrogen-bond donors (Lipinski definition) is 2. The molecule has 0 radical (unpaired) electrons. The van der Waals surface area contributed by atoms with Gasteiger partial charge in [0, 0.05) is 12.0 Å². The van der Waals surface area contributed by atoms with E-state index in [0.717, 1.165) is 23.0 Å². The predicted molar refractivity (Wildman–Crippen MR) is 121 cm³/mol. The van der Waals surface area contributed by atoms with Crippen LogP contribution in [0.25, 0.3) is 17.2 Å². The van der Waals surface area contributed by atoms with Gasteiger partial charge in [0.2, 0.25) is 5.91 Å². The molecule has 4 heterocycles. The quantitative estimate of drug-likeness (QED) is 0.351. The molecule has 0 saturated heterocycles. The minimum Gasteiger partial charge on any atom is -0.364 e. The number of benzene rings is 1. The van der Waals surface area contributed by atoms with Crippen molar-refractivity contribution >= 4 is 23.3 Å². The molecule has 0 spiro atoms. The van der Waals surface area contributed by atoms with Crippen LogP contribution >= 0.6 is 0 Å². The zero-order chi connectivity index (χ0) is 28.3. The fourth-order valence-electron chi connectivity index (χ4n) is 4.31. The minimum atomic E-state index is -5.76. The number of alkyl halides is 5. The Labute approximate surface area is 214 Å². The second-order valence-electron chi connectivity index (χ2n) is 8.87. The summed E-state index contributed by atoms with van der Waals surface area (Å²) in [5.74, 6) is -7.62. The summed E-state index contributed by atoms with van der Waals surface area (Å²) in [6.07, 6.45) is -5.95. The van der Waals surface area contributed by atoms with Crippen LogP contribution in [0.4, 0.5) is 32.2 Å². The van der Waals surface area contributed by atoms with Crippen LogP contribution in [0.3, 0.4) is 0 Å². The lowest BCUT2D eigenvalue weighted by Gasteiger charge is -2.23. The fourth-order valence-corrected chi connectivity index (χ4v) is 4.31. The van der Waals surface area contributed by atoms with Crippen LogP contribution in [0.15, 0.2) is 36.8 Å². The van der Waals surface area contributed by atoms with Crippen molar-refractivity contribution in [2.45, 2.75) is 37.3 Å². The Bertz CT molecular complexity index is 1640. The largest absolute Gasteiger partial charge is 0.453 e. The van der Waals surface area contributed by atoms with Crippen LogP contribution in [-0.4, -0.2) is 53.5 Å². The monoisotopic (exact) mass is 550 g/mol. The highest BCUT2D eigenvalue weighted by molar-refractivity contribution is 6.11. The van der Waals surface area contributed by atoms with Crippen LogP contribution in [0, 0.1) is 5.82 Å². The predicted octanol–water partition coefficient (Wildman–Crippen LogP) is 3.21. The summed E-state index contributed by atoms with van der Waals surface area (Å²) < 4.78 is 79.9. The molecule has 4 aromatic rings. The standard InChI is InChI=1S/C23H16F6N8O2/c1-21(10-2-4-11(24)5-3-10)14-15(16(30)38)34-17(35-18(14)36-20(21)39)13-8-37-19(31-9-32-37)12(33-13)6-7-22(25,26)23(27,28)29/h2-5,8-9H,6-7H2,1H3,(H2,30,38)(H,34,35,36,39)/t21-/m0/s1. The highest BCUT2D eigenvalue weighted by Gasteiger charge is 2.56. The topological polar surface area (TPSA) is 141 Å². The van der Waals surface area contributed by atoms with Crippen LogP contribution in [-0.2, 0) is 16.6 Å². The molecule has 5 rings (SSSR count). The molecule has 16 heteroatoms. The van der Waals surface area contributed by atoms with E-state index in [1.54, 1.807) is 0 Å². The van der Waals surface area contributed by atoms with Gasteiger partial charge in [-0.25, -0.2) is 28.8 Å². The van der Waals surface area contributed by atoms with Gasteiger partial charge in [-0.15, -0.1) is 0 Å². The molecule has 1 atom stereocenters. The number of halogens is 6. The van der Waals surface area contributed by atoms with Gasteiger partial charge in [0.25, 0.3) is 5.91 Å². The molecule has 0 aliphatic carbocycles. The van der Waals surface area contributed by atoms with Gasteiger partial charge < -0.3 is 11.1 Å². The molecule has 39 heavy (non-hydrogen) atoms. The number of hydrogen-bond acceptors (Lipinski definition) is 7. The van der Waals surface area contributed by atoms with Crippen molar-refractivity contribution in [3.05, 3.63) is 65.1 Å². The van der Waals surface area contributed by atoms with Crippen molar-refractivity contribution in [1.29, 1.82) is 0 Å². The van der Waals surface area contributed by atoms with E-state index < -0.39 is 48.0 Å². The van der Waals surface area contributed by atoms with Gasteiger partial charge >= 0.3 is 12.1 Å². The van der Waals surface area contributed by atoms with Crippen LogP contribution < -0.4 is 11.1 Å². The van der Waals surface area contributed by atoms with E-state index in [1.807, 2.05) is 0 Å². The van der Waals surface area contributed by atoms with E-state index in [0.29, 0.717) is 5.56 Å². The van der Waals surface area contributed by atoms with Crippen molar-refractivity contribution in [3.8, 4) is 11.5 Å². The van der Waals surface area contributed by atoms with Crippen molar-refractivity contribution in [1.82, 2.24) is 29.5 Å². The number of nitrogens with two attached hydrogens (primary N) is 1. The van der Waals surface area contributed by atoms with Gasteiger partial charge in [0.1, 0.15) is 34.8 Å². The van der Waals surface area contributed by atoms with E-state index in [9.17, 15) is 35.9 Å². The SMILES string of the molecule is C[C@@]1(c2ccc(F)cc2)C(=O)Nc2nc(-c3cn4ncnc4c(CCC(F)(F)C(F)(F)F)n3)nc(C(N)=O)c21. The van der Waals surface area contributed by atoms with Crippen LogP contribution in [0.1, 0.15) is 40.7 Å². The Hall–Kier alpha value is -4.63. The molecule has 0 bridgehead atoms. The average Bonchev–Trinajstić information content (AvgIpc) is 3.44. The molecule has 0 fully saturated rings. The van der Waals surface area contributed by atoms with Gasteiger partial charge in [-0.2, -0.15) is 27.1 Å². The van der Waals surface area contributed by atoms with E-state index in [4.69, 9.17) is 5.73 Å². The minimum absolute atomic E-state index is 0.0160. The summed E-state index contributed by atoms with van der Waals surface area (Å²) in [5, 5.41) is 6.42. The number of anilines is 1. The molecule has 0 unspecified atom stereocenters. The Kier molecular flexibility index (Phi) is 5.80. The third kappa shape index (κ3) is 4.21. The molecule has 1 aliphatic rings. The molecule has 1 aliphatic heterocycles. The molecule has 202 valence electrons. The third-order valence-corrected chi connectivity index (χ3v) is 6.40. The second-order valence-corrected chi connectivity index (χ2v) is 8.87. The summed E-state index contributed by atoms with van der Waals surface area (Å²) in [6, 6.07) is 4.97. The maximum atomic E-state index is 13.6. The number of amides is 2. The van der Waals surface area contributed by atoms with Crippen molar-refractivity contribution < 1.29 is 35.9 Å². The third-order valence-electron chi connectivity index (χ3n) is 6.40. The number of aryl methyl sites for hydroxylation is 1. The maximum absolute atomic E-state index is 13.6. The summed E-state index contributed by atoms with van der Waals surface area (Å²) >= 11 is 0. The zero-order valence-electron chi connectivity index (χ0n) is 19.7.